The van der Waals surface area contributed by atoms with E-state index in [1.54, 1.807) is 12.2 Å². The fraction of sp³-hybridized carbons (Fsp3) is 0.143. The standard InChI is InChI=1S/C7H7NO2/c1-6-2-4-7(5-3-6)8(9)10/h2,4-5H,1,3H2. The van der Waals surface area contributed by atoms with Crippen molar-refractivity contribution in [3.63, 3.8) is 0 Å². The third-order valence-electron chi connectivity index (χ3n) is 1.27. The number of hydrogen-bond acceptors (Lipinski definition) is 2. The summed E-state index contributed by atoms with van der Waals surface area (Å²) in [6, 6.07) is 0. The molecule has 0 spiro atoms. The van der Waals surface area contributed by atoms with E-state index in [1.807, 2.05) is 0 Å². The van der Waals surface area contributed by atoms with Gasteiger partial charge in [0, 0.05) is 6.08 Å². The number of rotatable bonds is 1. The van der Waals surface area contributed by atoms with Crippen LogP contribution in [0.3, 0.4) is 0 Å². The van der Waals surface area contributed by atoms with Gasteiger partial charge in [0.05, 0.1) is 4.92 Å². The van der Waals surface area contributed by atoms with Crippen LogP contribution in [0.4, 0.5) is 0 Å². The summed E-state index contributed by atoms with van der Waals surface area (Å²) < 4.78 is 0. The second kappa shape index (κ2) is 2.47. The predicted octanol–water partition coefficient (Wildman–Crippen LogP) is 1.66. The highest BCUT2D eigenvalue weighted by Gasteiger charge is 2.08. The summed E-state index contributed by atoms with van der Waals surface area (Å²) in [5.41, 5.74) is 1.07. The molecule has 0 saturated carbocycles. The highest BCUT2D eigenvalue weighted by Crippen LogP contribution is 2.13. The first-order valence-electron chi connectivity index (χ1n) is 2.90. The second-order valence-corrected chi connectivity index (χ2v) is 2.08. The maximum atomic E-state index is 10.1. The van der Waals surface area contributed by atoms with E-state index in [0.717, 1.165) is 5.57 Å². The summed E-state index contributed by atoms with van der Waals surface area (Å²) in [6.07, 6.45) is 5.28. The number of nitro groups is 1. The van der Waals surface area contributed by atoms with Crippen molar-refractivity contribution in [3.8, 4) is 0 Å². The number of nitrogens with zero attached hydrogens (tertiary/aromatic N) is 1. The molecule has 0 radical (unpaired) electrons. The van der Waals surface area contributed by atoms with Crippen molar-refractivity contribution in [1.82, 2.24) is 0 Å². The van der Waals surface area contributed by atoms with E-state index in [0.29, 0.717) is 6.42 Å². The molecule has 0 N–H and O–H groups in total. The van der Waals surface area contributed by atoms with Crippen molar-refractivity contribution in [3.05, 3.63) is 46.2 Å². The third kappa shape index (κ3) is 1.31. The lowest BCUT2D eigenvalue weighted by atomic mass is 10.1. The molecule has 0 aliphatic heterocycles. The Hall–Kier alpha value is -1.38. The number of allylic oxidation sites excluding steroid dienone is 4. The van der Waals surface area contributed by atoms with Crippen LogP contribution in [0.15, 0.2) is 36.1 Å². The zero-order chi connectivity index (χ0) is 7.56. The molecule has 10 heavy (non-hydrogen) atoms. The van der Waals surface area contributed by atoms with Crippen molar-refractivity contribution in [2.75, 3.05) is 0 Å². The van der Waals surface area contributed by atoms with E-state index in [1.165, 1.54) is 6.08 Å². The van der Waals surface area contributed by atoms with Crippen molar-refractivity contribution >= 4 is 0 Å². The summed E-state index contributed by atoms with van der Waals surface area (Å²) in [5.74, 6) is 0. The molecule has 1 rings (SSSR count). The smallest absolute Gasteiger partial charge is 0.258 e. The van der Waals surface area contributed by atoms with Gasteiger partial charge in [-0.15, -0.1) is 0 Å². The monoisotopic (exact) mass is 137 g/mol. The van der Waals surface area contributed by atoms with E-state index >= 15 is 0 Å². The quantitative estimate of drug-likeness (QED) is 0.407. The Morgan fingerprint density at radius 3 is 2.70 bits per heavy atom. The van der Waals surface area contributed by atoms with Crippen molar-refractivity contribution in [2.24, 2.45) is 0 Å². The maximum absolute atomic E-state index is 10.1. The van der Waals surface area contributed by atoms with E-state index in [4.69, 9.17) is 0 Å². The highest BCUT2D eigenvalue weighted by atomic mass is 16.6. The van der Waals surface area contributed by atoms with Crippen LogP contribution in [0.5, 0.6) is 0 Å². The summed E-state index contributed by atoms with van der Waals surface area (Å²) in [7, 11) is 0. The van der Waals surface area contributed by atoms with Crippen molar-refractivity contribution < 1.29 is 4.92 Å². The largest absolute Gasteiger partial charge is 0.265 e. The lowest BCUT2D eigenvalue weighted by Gasteiger charge is -1.99. The first-order valence-corrected chi connectivity index (χ1v) is 2.90. The molecule has 0 atom stereocenters. The minimum Gasteiger partial charge on any atom is -0.258 e. The maximum Gasteiger partial charge on any atom is 0.265 e. The molecule has 0 heterocycles. The van der Waals surface area contributed by atoms with E-state index < -0.39 is 4.92 Å². The van der Waals surface area contributed by atoms with Gasteiger partial charge in [0.1, 0.15) is 0 Å². The molecule has 0 saturated heterocycles. The molecule has 3 heteroatoms. The fourth-order valence-corrected chi connectivity index (χ4v) is 0.710. The van der Waals surface area contributed by atoms with Crippen molar-refractivity contribution in [2.45, 2.75) is 6.42 Å². The Balaban J connectivity index is 2.77. The van der Waals surface area contributed by atoms with Gasteiger partial charge in [0.2, 0.25) is 0 Å². The zero-order valence-electron chi connectivity index (χ0n) is 5.41. The molecule has 52 valence electrons. The van der Waals surface area contributed by atoms with Crippen LogP contribution in [0.1, 0.15) is 6.42 Å². The van der Waals surface area contributed by atoms with Gasteiger partial charge in [-0.3, -0.25) is 10.1 Å². The Bertz CT molecular complexity index is 238. The van der Waals surface area contributed by atoms with E-state index in [9.17, 15) is 10.1 Å². The SMILES string of the molecule is C=C1C=CC([N+](=O)[O-])=CC1. The summed E-state index contributed by atoms with van der Waals surface area (Å²) >= 11 is 0. The minimum atomic E-state index is -0.400. The number of hydrogen-bond donors (Lipinski definition) is 0. The third-order valence-corrected chi connectivity index (χ3v) is 1.27. The van der Waals surface area contributed by atoms with Crippen LogP contribution in [0, 0.1) is 10.1 Å². The first-order chi connectivity index (χ1) is 4.70. The molecule has 0 aromatic rings. The molecule has 0 aromatic heterocycles. The Kier molecular flexibility index (Phi) is 1.67. The Morgan fingerprint density at radius 2 is 2.30 bits per heavy atom. The summed E-state index contributed by atoms with van der Waals surface area (Å²) in [6.45, 7) is 3.65. The van der Waals surface area contributed by atoms with Gasteiger partial charge in [-0.2, -0.15) is 0 Å². The topological polar surface area (TPSA) is 43.1 Å². The highest BCUT2D eigenvalue weighted by molar-refractivity contribution is 5.30. The molecule has 0 aromatic carbocycles. The van der Waals surface area contributed by atoms with Gasteiger partial charge in [-0.1, -0.05) is 18.2 Å². The molecule has 0 unspecified atom stereocenters. The van der Waals surface area contributed by atoms with Crippen LogP contribution < -0.4 is 0 Å². The summed E-state index contributed by atoms with van der Waals surface area (Å²) in [5, 5.41) is 10.1. The summed E-state index contributed by atoms with van der Waals surface area (Å²) in [4.78, 5) is 9.72. The average Bonchev–Trinajstić information content (AvgIpc) is 1.88. The van der Waals surface area contributed by atoms with Crippen LogP contribution in [0.2, 0.25) is 0 Å². The minimum absolute atomic E-state index is 0.160. The molecule has 1 aliphatic rings. The van der Waals surface area contributed by atoms with Gasteiger partial charge in [0.25, 0.3) is 5.70 Å². The Morgan fingerprint density at radius 1 is 1.60 bits per heavy atom. The van der Waals surface area contributed by atoms with Crippen LogP contribution in [-0.2, 0) is 0 Å². The average molecular weight is 137 g/mol. The first kappa shape index (κ1) is 6.74. The molecule has 0 bridgehead atoms. The van der Waals surface area contributed by atoms with Crippen LogP contribution in [0.25, 0.3) is 0 Å². The zero-order valence-corrected chi connectivity index (χ0v) is 5.41. The van der Waals surface area contributed by atoms with Gasteiger partial charge in [-0.05, 0) is 12.5 Å². The molecule has 3 nitrogen and oxygen atoms in total. The van der Waals surface area contributed by atoms with Gasteiger partial charge >= 0.3 is 0 Å². The van der Waals surface area contributed by atoms with Gasteiger partial charge in [-0.25, -0.2) is 0 Å². The van der Waals surface area contributed by atoms with Crippen LogP contribution in [-0.4, -0.2) is 4.92 Å². The van der Waals surface area contributed by atoms with E-state index in [-0.39, 0.29) is 5.70 Å². The van der Waals surface area contributed by atoms with Crippen molar-refractivity contribution in [1.29, 1.82) is 0 Å². The Labute approximate surface area is 58.5 Å². The molecular formula is C7H7NO2. The lowest BCUT2D eigenvalue weighted by molar-refractivity contribution is -0.419. The molecular weight excluding hydrogens is 130 g/mol. The van der Waals surface area contributed by atoms with Crippen LogP contribution >= 0.6 is 0 Å². The van der Waals surface area contributed by atoms with Gasteiger partial charge in [0.15, 0.2) is 0 Å². The molecule has 1 aliphatic carbocycles. The normalized spacial score (nSPS) is 16.8. The fourth-order valence-electron chi connectivity index (χ4n) is 0.710. The van der Waals surface area contributed by atoms with E-state index in [2.05, 4.69) is 6.58 Å². The molecule has 0 fully saturated rings. The van der Waals surface area contributed by atoms with Gasteiger partial charge < -0.3 is 0 Å². The second-order valence-electron chi connectivity index (χ2n) is 2.08. The predicted molar refractivity (Wildman–Crippen MR) is 38.0 cm³/mol. The lowest BCUT2D eigenvalue weighted by Crippen LogP contribution is -1.98. The molecule has 0 amide bonds.